The van der Waals surface area contributed by atoms with E-state index < -0.39 is 5.91 Å². The van der Waals surface area contributed by atoms with Gasteiger partial charge >= 0.3 is 0 Å². The van der Waals surface area contributed by atoms with Crippen LogP contribution in [0.5, 0.6) is 0 Å². The minimum absolute atomic E-state index is 0.0521. The first kappa shape index (κ1) is 20.3. The molecule has 0 radical (unpaired) electrons. The highest BCUT2D eigenvalue weighted by Crippen LogP contribution is 2.11. The van der Waals surface area contributed by atoms with Crippen molar-refractivity contribution in [1.82, 2.24) is 19.8 Å². The summed E-state index contributed by atoms with van der Waals surface area (Å²) >= 11 is 0. The zero-order valence-corrected chi connectivity index (χ0v) is 16.9. The number of morpholine rings is 1. The Hall–Kier alpha value is -3.03. The van der Waals surface area contributed by atoms with Gasteiger partial charge in [0.1, 0.15) is 0 Å². The molecule has 1 aliphatic heterocycles. The summed E-state index contributed by atoms with van der Waals surface area (Å²) in [5.74, 6) is -0.429. The molecule has 30 heavy (non-hydrogen) atoms. The first-order valence-electron chi connectivity index (χ1n) is 10.3. The Morgan fingerprint density at radius 1 is 1.00 bits per heavy atom. The van der Waals surface area contributed by atoms with Crippen LogP contribution in [0, 0.1) is 0 Å². The number of fused-ring (bicyclic) bond motifs is 1. The number of benzene rings is 2. The fraction of sp³-hybridized carbons (Fsp3) is 0.348. The second-order valence-electron chi connectivity index (χ2n) is 7.35. The second kappa shape index (κ2) is 9.65. The average molecular weight is 406 g/mol. The molecular formula is C23H26N4O3. The molecular weight excluding hydrogens is 380 g/mol. The van der Waals surface area contributed by atoms with E-state index in [0.717, 1.165) is 30.7 Å². The molecule has 4 rings (SSSR count). The zero-order valence-electron chi connectivity index (χ0n) is 16.9. The van der Waals surface area contributed by atoms with E-state index in [1.807, 2.05) is 54.6 Å². The standard InChI is InChI=1S/C23H26N4O3/c28-22(24-11-10-18-6-2-1-3-7-18)21-23(29)27(13-12-26-14-16-30-17-15-26)20-9-5-4-8-19(20)25-21/h1-9H,10-17H2,(H,24,28). The van der Waals surface area contributed by atoms with Gasteiger partial charge in [-0.05, 0) is 24.1 Å². The lowest BCUT2D eigenvalue weighted by atomic mass is 10.1. The highest BCUT2D eigenvalue weighted by atomic mass is 16.5. The summed E-state index contributed by atoms with van der Waals surface area (Å²) in [4.78, 5) is 32.5. The van der Waals surface area contributed by atoms with Crippen LogP contribution in [0.1, 0.15) is 16.1 Å². The Bertz CT molecular complexity index is 1060. The molecule has 2 heterocycles. The lowest BCUT2D eigenvalue weighted by Crippen LogP contribution is -2.41. The quantitative estimate of drug-likeness (QED) is 0.646. The number of carbonyl (C=O) groups excluding carboxylic acids is 1. The van der Waals surface area contributed by atoms with Gasteiger partial charge in [-0.25, -0.2) is 4.98 Å². The maximum atomic E-state index is 13.1. The number of nitrogens with zero attached hydrogens (tertiary/aromatic N) is 3. The van der Waals surface area contributed by atoms with Crippen LogP contribution < -0.4 is 10.9 Å². The normalized spacial score (nSPS) is 14.7. The van der Waals surface area contributed by atoms with E-state index in [2.05, 4.69) is 15.2 Å². The van der Waals surface area contributed by atoms with E-state index >= 15 is 0 Å². The van der Waals surface area contributed by atoms with Gasteiger partial charge in [-0.15, -0.1) is 0 Å². The Morgan fingerprint density at radius 2 is 1.73 bits per heavy atom. The second-order valence-corrected chi connectivity index (χ2v) is 7.35. The van der Waals surface area contributed by atoms with Crippen molar-refractivity contribution in [2.75, 3.05) is 39.4 Å². The Kier molecular flexibility index (Phi) is 6.51. The fourth-order valence-corrected chi connectivity index (χ4v) is 3.68. The molecule has 1 aliphatic rings. The van der Waals surface area contributed by atoms with Crippen LogP contribution in [0.15, 0.2) is 59.4 Å². The third-order valence-corrected chi connectivity index (χ3v) is 5.35. The van der Waals surface area contributed by atoms with Crippen LogP contribution >= 0.6 is 0 Å². The molecule has 1 saturated heterocycles. The van der Waals surface area contributed by atoms with Crippen molar-refractivity contribution in [2.24, 2.45) is 0 Å². The lowest BCUT2D eigenvalue weighted by Gasteiger charge is -2.27. The Labute approximate surface area is 175 Å². The molecule has 7 nitrogen and oxygen atoms in total. The van der Waals surface area contributed by atoms with Crippen molar-refractivity contribution >= 4 is 16.9 Å². The van der Waals surface area contributed by atoms with Crippen molar-refractivity contribution < 1.29 is 9.53 Å². The molecule has 7 heteroatoms. The van der Waals surface area contributed by atoms with Crippen LogP contribution in [0.25, 0.3) is 11.0 Å². The summed E-state index contributed by atoms with van der Waals surface area (Å²) in [5.41, 5.74) is 2.12. The van der Waals surface area contributed by atoms with Crippen molar-refractivity contribution in [3.63, 3.8) is 0 Å². The van der Waals surface area contributed by atoms with Gasteiger partial charge in [0.05, 0.1) is 24.2 Å². The SMILES string of the molecule is O=C(NCCc1ccccc1)c1nc2ccccc2n(CCN2CCOCC2)c1=O. The molecule has 0 saturated carbocycles. The molecule has 0 unspecified atom stereocenters. The highest BCUT2D eigenvalue weighted by Gasteiger charge is 2.18. The number of aromatic nitrogens is 2. The van der Waals surface area contributed by atoms with Crippen molar-refractivity contribution in [3.8, 4) is 0 Å². The van der Waals surface area contributed by atoms with Crippen molar-refractivity contribution in [2.45, 2.75) is 13.0 Å². The molecule has 2 aromatic carbocycles. The van der Waals surface area contributed by atoms with Gasteiger partial charge in [0, 0.05) is 32.7 Å². The minimum atomic E-state index is -0.429. The minimum Gasteiger partial charge on any atom is -0.379 e. The van der Waals surface area contributed by atoms with E-state index in [1.165, 1.54) is 0 Å². The van der Waals surface area contributed by atoms with Gasteiger partial charge in [-0.3, -0.25) is 14.5 Å². The molecule has 1 fully saturated rings. The van der Waals surface area contributed by atoms with Crippen LogP contribution in [-0.2, 0) is 17.7 Å². The smallest absolute Gasteiger partial charge is 0.282 e. The summed E-state index contributed by atoms with van der Waals surface area (Å²) in [7, 11) is 0. The van der Waals surface area contributed by atoms with E-state index in [4.69, 9.17) is 4.74 Å². The largest absolute Gasteiger partial charge is 0.379 e. The first-order chi connectivity index (χ1) is 14.7. The van der Waals surface area contributed by atoms with Crippen LogP contribution in [-0.4, -0.2) is 59.8 Å². The van der Waals surface area contributed by atoms with Gasteiger partial charge in [0.2, 0.25) is 0 Å². The highest BCUT2D eigenvalue weighted by molar-refractivity contribution is 5.93. The van der Waals surface area contributed by atoms with Gasteiger partial charge in [-0.1, -0.05) is 42.5 Å². The van der Waals surface area contributed by atoms with Crippen LogP contribution in [0.4, 0.5) is 0 Å². The van der Waals surface area contributed by atoms with E-state index in [9.17, 15) is 9.59 Å². The molecule has 0 atom stereocenters. The predicted octanol–water partition coefficient (Wildman–Crippen LogP) is 1.70. The van der Waals surface area contributed by atoms with Gasteiger partial charge in [0.15, 0.2) is 5.69 Å². The summed E-state index contributed by atoms with van der Waals surface area (Å²) in [5, 5.41) is 2.84. The first-order valence-corrected chi connectivity index (χ1v) is 10.3. The summed E-state index contributed by atoms with van der Waals surface area (Å²) in [6.07, 6.45) is 0.700. The van der Waals surface area contributed by atoms with E-state index in [0.29, 0.717) is 38.2 Å². The molecule has 1 amide bonds. The molecule has 0 bridgehead atoms. The number of carbonyl (C=O) groups is 1. The third kappa shape index (κ3) is 4.75. The van der Waals surface area contributed by atoms with Crippen LogP contribution in [0.3, 0.4) is 0 Å². The third-order valence-electron chi connectivity index (χ3n) is 5.35. The molecule has 0 spiro atoms. The van der Waals surface area contributed by atoms with E-state index in [1.54, 1.807) is 4.57 Å². The van der Waals surface area contributed by atoms with Crippen molar-refractivity contribution in [1.29, 1.82) is 0 Å². The number of rotatable bonds is 7. The average Bonchev–Trinajstić information content (AvgIpc) is 2.79. The van der Waals surface area contributed by atoms with Gasteiger partial charge in [-0.2, -0.15) is 0 Å². The number of hydrogen-bond donors (Lipinski definition) is 1. The molecule has 0 aliphatic carbocycles. The topological polar surface area (TPSA) is 76.5 Å². The zero-order chi connectivity index (χ0) is 20.8. The maximum Gasteiger partial charge on any atom is 0.282 e. The number of hydrogen-bond acceptors (Lipinski definition) is 5. The Balaban J connectivity index is 1.52. The fourth-order valence-electron chi connectivity index (χ4n) is 3.68. The molecule has 156 valence electrons. The van der Waals surface area contributed by atoms with Crippen LogP contribution in [0.2, 0.25) is 0 Å². The molecule has 1 aromatic heterocycles. The summed E-state index contributed by atoms with van der Waals surface area (Å²) in [6, 6.07) is 17.4. The van der Waals surface area contributed by atoms with E-state index in [-0.39, 0.29) is 11.3 Å². The Morgan fingerprint density at radius 3 is 2.53 bits per heavy atom. The van der Waals surface area contributed by atoms with Crippen molar-refractivity contribution in [3.05, 3.63) is 76.2 Å². The number of para-hydroxylation sites is 2. The summed E-state index contributed by atoms with van der Waals surface area (Å²) in [6.45, 7) is 4.81. The molecule has 3 aromatic rings. The number of amides is 1. The maximum absolute atomic E-state index is 13.1. The van der Waals surface area contributed by atoms with Gasteiger partial charge in [0.25, 0.3) is 11.5 Å². The summed E-state index contributed by atoms with van der Waals surface area (Å²) < 4.78 is 7.06. The van der Waals surface area contributed by atoms with Gasteiger partial charge < -0.3 is 14.6 Å². The predicted molar refractivity (Wildman–Crippen MR) is 116 cm³/mol. The monoisotopic (exact) mass is 406 g/mol. The number of ether oxygens (including phenoxy) is 1. The number of nitrogens with one attached hydrogen (secondary N) is 1. The lowest BCUT2D eigenvalue weighted by molar-refractivity contribution is 0.0364. The molecule has 1 N–H and O–H groups in total.